The standard InChI is InChI=1S/C15H25NO3S/c1-11(10-17)6-5-7-16-20(18,19)15-13(3)8-12(2)9-14(15)4/h8-9,11,16-17H,5-7,10H2,1-4H3. The Kier molecular flexibility index (Phi) is 6.17. The van der Waals surface area contributed by atoms with E-state index in [0.29, 0.717) is 11.4 Å². The Hall–Kier alpha value is -0.910. The zero-order chi connectivity index (χ0) is 15.3. The molecule has 1 unspecified atom stereocenters. The predicted octanol–water partition coefficient (Wildman–Crippen LogP) is 2.30. The van der Waals surface area contributed by atoms with Crippen LogP contribution in [0.15, 0.2) is 17.0 Å². The fraction of sp³-hybridized carbons (Fsp3) is 0.600. The van der Waals surface area contributed by atoms with Crippen molar-refractivity contribution in [3.63, 3.8) is 0 Å². The molecule has 0 radical (unpaired) electrons. The van der Waals surface area contributed by atoms with E-state index in [0.717, 1.165) is 29.5 Å². The van der Waals surface area contributed by atoms with E-state index in [-0.39, 0.29) is 12.5 Å². The molecule has 0 saturated carbocycles. The van der Waals surface area contributed by atoms with E-state index in [1.807, 2.05) is 39.8 Å². The average Bonchev–Trinajstić information content (AvgIpc) is 2.32. The average molecular weight is 299 g/mol. The molecule has 0 aliphatic carbocycles. The smallest absolute Gasteiger partial charge is 0.241 e. The van der Waals surface area contributed by atoms with E-state index in [9.17, 15) is 8.42 Å². The van der Waals surface area contributed by atoms with Gasteiger partial charge in [0.05, 0.1) is 4.90 Å². The van der Waals surface area contributed by atoms with Crippen LogP contribution in [0.25, 0.3) is 0 Å². The number of sulfonamides is 1. The summed E-state index contributed by atoms with van der Waals surface area (Å²) in [6, 6.07) is 3.77. The quantitative estimate of drug-likeness (QED) is 0.759. The lowest BCUT2D eigenvalue weighted by atomic mass is 10.1. The molecule has 0 spiro atoms. The van der Waals surface area contributed by atoms with Gasteiger partial charge in [0.25, 0.3) is 0 Å². The van der Waals surface area contributed by atoms with Crippen LogP contribution in [-0.4, -0.2) is 26.7 Å². The van der Waals surface area contributed by atoms with Gasteiger partial charge in [-0.2, -0.15) is 0 Å². The Morgan fingerprint density at radius 3 is 2.25 bits per heavy atom. The topological polar surface area (TPSA) is 66.4 Å². The van der Waals surface area contributed by atoms with Gasteiger partial charge in [-0.05, 0) is 50.7 Å². The van der Waals surface area contributed by atoms with Crippen LogP contribution in [0.2, 0.25) is 0 Å². The first-order chi connectivity index (χ1) is 9.27. The third-order valence-corrected chi connectivity index (χ3v) is 5.12. The minimum atomic E-state index is -3.46. The minimum Gasteiger partial charge on any atom is -0.396 e. The fourth-order valence-corrected chi connectivity index (χ4v) is 3.93. The normalized spacial score (nSPS) is 13.4. The van der Waals surface area contributed by atoms with Gasteiger partial charge < -0.3 is 5.11 Å². The summed E-state index contributed by atoms with van der Waals surface area (Å²) in [4.78, 5) is 0.387. The van der Waals surface area contributed by atoms with Crippen molar-refractivity contribution in [2.45, 2.75) is 45.4 Å². The molecule has 20 heavy (non-hydrogen) atoms. The Balaban J connectivity index is 2.75. The monoisotopic (exact) mass is 299 g/mol. The second-order valence-electron chi connectivity index (χ2n) is 5.56. The van der Waals surface area contributed by atoms with Gasteiger partial charge in [-0.15, -0.1) is 0 Å². The van der Waals surface area contributed by atoms with Crippen molar-refractivity contribution in [1.82, 2.24) is 4.72 Å². The summed E-state index contributed by atoms with van der Waals surface area (Å²) in [6.45, 7) is 8.09. The third-order valence-electron chi connectivity index (χ3n) is 3.35. The van der Waals surface area contributed by atoms with E-state index < -0.39 is 10.0 Å². The first-order valence-corrected chi connectivity index (χ1v) is 8.44. The predicted molar refractivity (Wildman–Crippen MR) is 81.3 cm³/mol. The first kappa shape index (κ1) is 17.1. The molecule has 0 saturated heterocycles. The van der Waals surface area contributed by atoms with Gasteiger partial charge in [-0.3, -0.25) is 0 Å². The molecule has 0 aliphatic rings. The first-order valence-electron chi connectivity index (χ1n) is 6.96. The molecule has 1 atom stereocenters. The number of benzene rings is 1. The molecule has 5 heteroatoms. The summed E-state index contributed by atoms with van der Waals surface area (Å²) in [5.74, 6) is 0.211. The zero-order valence-electron chi connectivity index (χ0n) is 12.7. The van der Waals surface area contributed by atoms with Gasteiger partial charge >= 0.3 is 0 Å². The number of hydrogen-bond acceptors (Lipinski definition) is 3. The lowest BCUT2D eigenvalue weighted by Gasteiger charge is -2.13. The number of aliphatic hydroxyl groups is 1. The molecule has 0 amide bonds. The summed E-state index contributed by atoms with van der Waals surface area (Å²) in [6.07, 6.45) is 1.54. The highest BCUT2D eigenvalue weighted by Gasteiger charge is 2.19. The maximum atomic E-state index is 12.3. The molecule has 0 fully saturated rings. The third kappa shape index (κ3) is 4.58. The summed E-state index contributed by atoms with van der Waals surface area (Å²) in [5, 5.41) is 8.93. The molecule has 1 aromatic carbocycles. The zero-order valence-corrected chi connectivity index (χ0v) is 13.5. The summed E-state index contributed by atoms with van der Waals surface area (Å²) >= 11 is 0. The van der Waals surface area contributed by atoms with Gasteiger partial charge in [0.15, 0.2) is 0 Å². The highest BCUT2D eigenvalue weighted by molar-refractivity contribution is 7.89. The van der Waals surface area contributed by atoms with Crippen molar-refractivity contribution in [3.05, 3.63) is 28.8 Å². The Bertz CT molecular complexity index is 529. The molecule has 114 valence electrons. The second kappa shape index (κ2) is 7.20. The maximum absolute atomic E-state index is 12.3. The summed E-state index contributed by atoms with van der Waals surface area (Å²) < 4.78 is 27.3. The van der Waals surface area contributed by atoms with E-state index in [2.05, 4.69) is 4.72 Å². The molecule has 0 bridgehead atoms. The van der Waals surface area contributed by atoms with Gasteiger partial charge in [0, 0.05) is 13.2 Å². The van der Waals surface area contributed by atoms with Crippen molar-refractivity contribution in [1.29, 1.82) is 0 Å². The van der Waals surface area contributed by atoms with Crippen molar-refractivity contribution in [2.75, 3.05) is 13.2 Å². The highest BCUT2D eigenvalue weighted by atomic mass is 32.2. The van der Waals surface area contributed by atoms with Gasteiger partial charge in [0.1, 0.15) is 0 Å². The molecule has 4 nitrogen and oxygen atoms in total. The molecular weight excluding hydrogens is 274 g/mol. The van der Waals surface area contributed by atoms with Crippen LogP contribution in [0.3, 0.4) is 0 Å². The minimum absolute atomic E-state index is 0.142. The second-order valence-corrected chi connectivity index (χ2v) is 7.26. The van der Waals surface area contributed by atoms with Crippen LogP contribution >= 0.6 is 0 Å². The van der Waals surface area contributed by atoms with Crippen molar-refractivity contribution < 1.29 is 13.5 Å². The number of aryl methyl sites for hydroxylation is 3. The lowest BCUT2D eigenvalue weighted by Crippen LogP contribution is -2.26. The fourth-order valence-electron chi connectivity index (χ4n) is 2.41. The molecule has 1 rings (SSSR count). The Morgan fingerprint density at radius 2 is 1.75 bits per heavy atom. The molecular formula is C15H25NO3S. The van der Waals surface area contributed by atoms with E-state index >= 15 is 0 Å². The van der Waals surface area contributed by atoms with Crippen LogP contribution in [-0.2, 0) is 10.0 Å². The molecule has 0 aromatic heterocycles. The van der Waals surface area contributed by atoms with E-state index in [1.165, 1.54) is 0 Å². The van der Waals surface area contributed by atoms with Crippen LogP contribution in [0, 0.1) is 26.7 Å². The SMILES string of the molecule is Cc1cc(C)c(S(=O)(=O)NCCCC(C)CO)c(C)c1. The van der Waals surface area contributed by atoms with E-state index in [4.69, 9.17) is 5.11 Å². The number of rotatable bonds is 7. The molecule has 1 aromatic rings. The largest absolute Gasteiger partial charge is 0.396 e. The van der Waals surface area contributed by atoms with Gasteiger partial charge in [-0.25, -0.2) is 13.1 Å². The van der Waals surface area contributed by atoms with Crippen molar-refractivity contribution >= 4 is 10.0 Å². The molecule has 0 heterocycles. The van der Waals surface area contributed by atoms with Gasteiger partial charge in [-0.1, -0.05) is 24.6 Å². The Labute approximate surface area is 122 Å². The number of hydrogen-bond donors (Lipinski definition) is 2. The summed E-state index contributed by atoms with van der Waals surface area (Å²) in [7, 11) is -3.46. The highest BCUT2D eigenvalue weighted by Crippen LogP contribution is 2.21. The molecule has 2 N–H and O–H groups in total. The van der Waals surface area contributed by atoms with E-state index in [1.54, 1.807) is 0 Å². The maximum Gasteiger partial charge on any atom is 0.241 e. The van der Waals surface area contributed by atoms with Gasteiger partial charge in [0.2, 0.25) is 10.0 Å². The number of aliphatic hydroxyl groups excluding tert-OH is 1. The lowest BCUT2D eigenvalue weighted by molar-refractivity contribution is 0.228. The summed E-state index contributed by atoms with van der Waals surface area (Å²) in [5.41, 5.74) is 2.62. The number of nitrogens with one attached hydrogen (secondary N) is 1. The van der Waals surface area contributed by atoms with Crippen LogP contribution in [0.5, 0.6) is 0 Å². The van der Waals surface area contributed by atoms with Crippen molar-refractivity contribution in [3.8, 4) is 0 Å². The van der Waals surface area contributed by atoms with Crippen LogP contribution in [0.1, 0.15) is 36.5 Å². The molecule has 0 aliphatic heterocycles. The van der Waals surface area contributed by atoms with Crippen LogP contribution in [0.4, 0.5) is 0 Å². The Morgan fingerprint density at radius 1 is 1.20 bits per heavy atom. The van der Waals surface area contributed by atoms with Crippen molar-refractivity contribution in [2.24, 2.45) is 5.92 Å². The van der Waals surface area contributed by atoms with Crippen LogP contribution < -0.4 is 4.72 Å².